The van der Waals surface area contributed by atoms with Crippen molar-refractivity contribution in [3.63, 3.8) is 0 Å². The van der Waals surface area contributed by atoms with E-state index in [-0.39, 0.29) is 29.3 Å². The number of benzene rings is 2. The summed E-state index contributed by atoms with van der Waals surface area (Å²) in [4.78, 5) is 37.4. The van der Waals surface area contributed by atoms with E-state index in [0.29, 0.717) is 11.1 Å². The van der Waals surface area contributed by atoms with Crippen LogP contribution in [-0.2, 0) is 0 Å². The molecule has 3 amide bonds. The molecule has 1 unspecified atom stereocenters. The molecule has 0 bridgehead atoms. The Morgan fingerprint density at radius 1 is 1.08 bits per heavy atom. The minimum atomic E-state index is -0.385. The van der Waals surface area contributed by atoms with Gasteiger partial charge in [-0.3, -0.25) is 19.3 Å². The monoisotopic (exact) mass is 386 g/mol. The van der Waals surface area contributed by atoms with Crippen molar-refractivity contribution < 1.29 is 14.4 Å². The number of hydrogen-bond acceptors (Lipinski definition) is 3. The van der Waals surface area contributed by atoms with E-state index >= 15 is 0 Å². The third-order valence-corrected chi connectivity index (χ3v) is 4.54. The summed E-state index contributed by atoms with van der Waals surface area (Å²) < 4.78 is 0.936. The lowest BCUT2D eigenvalue weighted by molar-refractivity contribution is 0.0693. The standard InChI is InChI=1S/C18H15BrN2O3/c1-10(11-4-3-5-13(19)8-11)20-16(22)12-6-7-14-15(9-12)18(24)21(2)17(14)23/h3-10H,1-2H3,(H,20,22). The van der Waals surface area contributed by atoms with Gasteiger partial charge in [0.2, 0.25) is 0 Å². The van der Waals surface area contributed by atoms with E-state index in [0.717, 1.165) is 14.9 Å². The van der Waals surface area contributed by atoms with Gasteiger partial charge in [-0.2, -0.15) is 0 Å². The molecular formula is C18H15BrN2O3. The smallest absolute Gasteiger partial charge is 0.261 e. The van der Waals surface area contributed by atoms with Crippen LogP contribution in [0.3, 0.4) is 0 Å². The van der Waals surface area contributed by atoms with E-state index in [1.807, 2.05) is 31.2 Å². The average molecular weight is 387 g/mol. The largest absolute Gasteiger partial charge is 0.346 e. The lowest BCUT2D eigenvalue weighted by atomic mass is 10.0. The van der Waals surface area contributed by atoms with Gasteiger partial charge in [0.15, 0.2) is 0 Å². The molecule has 0 saturated carbocycles. The summed E-state index contributed by atoms with van der Waals surface area (Å²) in [6, 6.07) is 12.0. The molecule has 122 valence electrons. The number of nitrogens with zero attached hydrogens (tertiary/aromatic N) is 1. The van der Waals surface area contributed by atoms with Crippen molar-refractivity contribution in [2.24, 2.45) is 0 Å². The Kier molecular flexibility index (Phi) is 4.24. The Morgan fingerprint density at radius 3 is 2.50 bits per heavy atom. The van der Waals surface area contributed by atoms with Crippen LogP contribution >= 0.6 is 15.9 Å². The van der Waals surface area contributed by atoms with Crippen LogP contribution in [0.25, 0.3) is 0 Å². The third-order valence-electron chi connectivity index (χ3n) is 4.05. The second kappa shape index (κ2) is 6.20. The maximum Gasteiger partial charge on any atom is 0.261 e. The molecule has 0 spiro atoms. The number of rotatable bonds is 3. The first-order chi connectivity index (χ1) is 11.4. The summed E-state index contributed by atoms with van der Waals surface area (Å²) in [7, 11) is 1.43. The van der Waals surface area contributed by atoms with Gasteiger partial charge >= 0.3 is 0 Å². The predicted molar refractivity (Wildman–Crippen MR) is 92.9 cm³/mol. The number of imide groups is 1. The fourth-order valence-corrected chi connectivity index (χ4v) is 3.06. The number of amides is 3. The van der Waals surface area contributed by atoms with Gasteiger partial charge in [0, 0.05) is 17.1 Å². The van der Waals surface area contributed by atoms with E-state index in [2.05, 4.69) is 21.2 Å². The zero-order valence-corrected chi connectivity index (χ0v) is 14.8. The number of hydrogen-bond donors (Lipinski definition) is 1. The molecular weight excluding hydrogens is 372 g/mol. The first-order valence-electron chi connectivity index (χ1n) is 7.41. The van der Waals surface area contributed by atoms with Crippen LogP contribution in [0.4, 0.5) is 0 Å². The molecule has 3 rings (SSSR count). The van der Waals surface area contributed by atoms with E-state index in [9.17, 15) is 14.4 Å². The Bertz CT molecular complexity index is 863. The summed E-state index contributed by atoms with van der Waals surface area (Å²) in [5.41, 5.74) is 1.92. The summed E-state index contributed by atoms with van der Waals surface area (Å²) in [6.45, 7) is 1.88. The fourth-order valence-electron chi connectivity index (χ4n) is 2.64. The first-order valence-corrected chi connectivity index (χ1v) is 8.20. The van der Waals surface area contributed by atoms with Gasteiger partial charge in [0.25, 0.3) is 17.7 Å². The molecule has 0 saturated heterocycles. The highest BCUT2D eigenvalue weighted by atomic mass is 79.9. The molecule has 0 fully saturated rings. The first kappa shape index (κ1) is 16.4. The van der Waals surface area contributed by atoms with Gasteiger partial charge < -0.3 is 5.32 Å². The van der Waals surface area contributed by atoms with Crippen molar-refractivity contribution in [3.05, 3.63) is 69.2 Å². The maximum absolute atomic E-state index is 12.5. The molecule has 24 heavy (non-hydrogen) atoms. The van der Waals surface area contributed by atoms with Gasteiger partial charge in [0.1, 0.15) is 0 Å². The van der Waals surface area contributed by atoms with Crippen LogP contribution < -0.4 is 5.32 Å². The van der Waals surface area contributed by atoms with Gasteiger partial charge in [-0.15, -0.1) is 0 Å². The van der Waals surface area contributed by atoms with Crippen molar-refractivity contribution in [2.75, 3.05) is 7.05 Å². The van der Waals surface area contributed by atoms with E-state index < -0.39 is 0 Å². The van der Waals surface area contributed by atoms with Crippen LogP contribution in [0.15, 0.2) is 46.9 Å². The summed E-state index contributed by atoms with van der Waals surface area (Å²) >= 11 is 3.41. The van der Waals surface area contributed by atoms with E-state index in [4.69, 9.17) is 0 Å². The zero-order chi connectivity index (χ0) is 17.4. The highest BCUT2D eigenvalue weighted by molar-refractivity contribution is 9.10. The molecule has 1 aliphatic heterocycles. The van der Waals surface area contributed by atoms with Crippen LogP contribution in [0.5, 0.6) is 0 Å². The second-order valence-electron chi connectivity index (χ2n) is 5.68. The van der Waals surface area contributed by atoms with E-state index in [1.165, 1.54) is 19.2 Å². The van der Waals surface area contributed by atoms with Gasteiger partial charge in [-0.05, 0) is 42.8 Å². The molecule has 0 radical (unpaired) electrons. The number of halogens is 1. The van der Waals surface area contributed by atoms with Gasteiger partial charge in [0.05, 0.1) is 17.2 Å². The van der Waals surface area contributed by atoms with Crippen LogP contribution in [0, 0.1) is 0 Å². The van der Waals surface area contributed by atoms with Crippen LogP contribution in [-0.4, -0.2) is 29.7 Å². The molecule has 1 heterocycles. The molecule has 2 aromatic rings. The Morgan fingerprint density at radius 2 is 1.79 bits per heavy atom. The lowest BCUT2D eigenvalue weighted by Crippen LogP contribution is -2.27. The Labute approximate surface area is 147 Å². The van der Waals surface area contributed by atoms with Crippen LogP contribution in [0.2, 0.25) is 0 Å². The van der Waals surface area contributed by atoms with Crippen LogP contribution in [0.1, 0.15) is 49.6 Å². The molecule has 6 heteroatoms. The van der Waals surface area contributed by atoms with Crippen molar-refractivity contribution in [3.8, 4) is 0 Å². The second-order valence-corrected chi connectivity index (χ2v) is 6.60. The number of fused-ring (bicyclic) bond motifs is 1. The highest BCUT2D eigenvalue weighted by Crippen LogP contribution is 2.23. The molecule has 2 aromatic carbocycles. The molecule has 0 aromatic heterocycles. The van der Waals surface area contributed by atoms with Crippen molar-refractivity contribution in [1.29, 1.82) is 0 Å². The molecule has 1 N–H and O–H groups in total. The summed E-state index contributed by atoms with van der Waals surface area (Å²) in [5.74, 6) is -1.02. The molecule has 1 atom stereocenters. The van der Waals surface area contributed by atoms with E-state index in [1.54, 1.807) is 6.07 Å². The van der Waals surface area contributed by atoms with Crippen molar-refractivity contribution in [1.82, 2.24) is 10.2 Å². The Hall–Kier alpha value is -2.47. The minimum absolute atomic E-state index is 0.191. The average Bonchev–Trinajstić information content (AvgIpc) is 2.79. The highest BCUT2D eigenvalue weighted by Gasteiger charge is 2.33. The number of carbonyl (C=O) groups is 3. The van der Waals surface area contributed by atoms with Crippen molar-refractivity contribution >= 4 is 33.7 Å². The Balaban J connectivity index is 1.82. The third kappa shape index (κ3) is 2.85. The van der Waals surface area contributed by atoms with Gasteiger partial charge in [-0.25, -0.2) is 0 Å². The fraction of sp³-hybridized carbons (Fsp3) is 0.167. The quantitative estimate of drug-likeness (QED) is 0.823. The summed E-state index contributed by atoms with van der Waals surface area (Å²) in [5, 5.41) is 2.90. The normalized spacial score (nSPS) is 14.5. The predicted octanol–water partition coefficient (Wildman–Crippen LogP) is 3.17. The minimum Gasteiger partial charge on any atom is -0.346 e. The number of nitrogens with one attached hydrogen (secondary N) is 1. The molecule has 5 nitrogen and oxygen atoms in total. The van der Waals surface area contributed by atoms with Crippen molar-refractivity contribution in [2.45, 2.75) is 13.0 Å². The zero-order valence-electron chi connectivity index (χ0n) is 13.2. The summed E-state index contributed by atoms with van der Waals surface area (Å²) in [6.07, 6.45) is 0. The lowest BCUT2D eigenvalue weighted by Gasteiger charge is -2.15. The van der Waals surface area contributed by atoms with Gasteiger partial charge in [-0.1, -0.05) is 28.1 Å². The topological polar surface area (TPSA) is 66.5 Å². The SMILES string of the molecule is CC(NC(=O)c1ccc2c(c1)C(=O)N(C)C2=O)c1cccc(Br)c1. The maximum atomic E-state index is 12.5. The number of carbonyl (C=O) groups excluding carboxylic acids is 3. The molecule has 1 aliphatic rings. The molecule has 0 aliphatic carbocycles.